The monoisotopic (exact) mass is 299 g/mol. The number of fused-ring (bicyclic) bond motifs is 1. The van der Waals surface area contributed by atoms with E-state index in [1.807, 2.05) is 35.9 Å². The SMILES string of the molecule is Cc1cccc(Cl)c1Nc1nc2cscc2[nH]1.Cl. The normalized spacial score (nSPS) is 10.3. The van der Waals surface area contributed by atoms with Gasteiger partial charge in [0.15, 0.2) is 0 Å². The van der Waals surface area contributed by atoms with Gasteiger partial charge < -0.3 is 10.3 Å². The molecule has 2 heterocycles. The molecule has 0 saturated heterocycles. The third-order valence-corrected chi connectivity index (χ3v) is 3.64. The van der Waals surface area contributed by atoms with Crippen molar-refractivity contribution < 1.29 is 0 Å². The number of nitrogens with one attached hydrogen (secondary N) is 2. The Hall–Kier alpha value is -1.23. The Morgan fingerprint density at radius 1 is 1.33 bits per heavy atom. The summed E-state index contributed by atoms with van der Waals surface area (Å²) < 4.78 is 0. The number of anilines is 2. The lowest BCUT2D eigenvalue weighted by Gasteiger charge is -2.08. The van der Waals surface area contributed by atoms with Gasteiger partial charge >= 0.3 is 0 Å². The molecule has 0 atom stereocenters. The summed E-state index contributed by atoms with van der Waals surface area (Å²) in [5.74, 6) is 0.721. The van der Waals surface area contributed by atoms with Crippen molar-refractivity contribution in [1.82, 2.24) is 9.97 Å². The van der Waals surface area contributed by atoms with Gasteiger partial charge in [-0.05, 0) is 18.6 Å². The highest BCUT2D eigenvalue weighted by atomic mass is 35.5. The van der Waals surface area contributed by atoms with E-state index in [1.54, 1.807) is 11.3 Å². The van der Waals surface area contributed by atoms with Crippen molar-refractivity contribution in [1.29, 1.82) is 0 Å². The second-order valence-corrected chi connectivity index (χ2v) is 4.96. The number of rotatable bonds is 2. The van der Waals surface area contributed by atoms with Crippen LogP contribution in [-0.2, 0) is 0 Å². The molecule has 2 aromatic heterocycles. The molecular weight excluding hydrogens is 289 g/mol. The van der Waals surface area contributed by atoms with Gasteiger partial charge in [-0.1, -0.05) is 23.7 Å². The van der Waals surface area contributed by atoms with Gasteiger partial charge in [0, 0.05) is 10.8 Å². The second-order valence-electron chi connectivity index (χ2n) is 3.81. The summed E-state index contributed by atoms with van der Waals surface area (Å²) in [6, 6.07) is 5.81. The average molecular weight is 300 g/mol. The Bertz CT molecular complexity index is 626. The van der Waals surface area contributed by atoms with Gasteiger partial charge in [0.25, 0.3) is 0 Å². The summed E-state index contributed by atoms with van der Waals surface area (Å²) in [6.07, 6.45) is 0. The van der Waals surface area contributed by atoms with Crippen LogP contribution in [0.2, 0.25) is 5.02 Å². The summed E-state index contributed by atoms with van der Waals surface area (Å²) in [5, 5.41) is 7.97. The molecule has 3 aromatic rings. The topological polar surface area (TPSA) is 40.7 Å². The van der Waals surface area contributed by atoms with Crippen LogP contribution in [0.4, 0.5) is 11.6 Å². The number of benzene rings is 1. The summed E-state index contributed by atoms with van der Waals surface area (Å²) in [4.78, 5) is 7.64. The van der Waals surface area contributed by atoms with E-state index >= 15 is 0 Å². The number of halogens is 2. The molecule has 0 aliphatic rings. The van der Waals surface area contributed by atoms with Crippen molar-refractivity contribution in [2.24, 2.45) is 0 Å². The fourth-order valence-electron chi connectivity index (χ4n) is 1.71. The number of nitrogens with zero attached hydrogens (tertiary/aromatic N) is 1. The van der Waals surface area contributed by atoms with E-state index in [1.165, 1.54) is 0 Å². The molecule has 0 fully saturated rings. The minimum atomic E-state index is 0. The van der Waals surface area contributed by atoms with Gasteiger partial charge in [-0.25, -0.2) is 4.98 Å². The van der Waals surface area contributed by atoms with Gasteiger partial charge in [-0.2, -0.15) is 0 Å². The van der Waals surface area contributed by atoms with E-state index in [0.717, 1.165) is 28.2 Å². The van der Waals surface area contributed by atoms with Gasteiger partial charge in [0.05, 0.1) is 16.2 Å². The first-order chi connectivity index (χ1) is 8.24. The van der Waals surface area contributed by atoms with Crippen LogP contribution in [0.5, 0.6) is 0 Å². The lowest BCUT2D eigenvalue weighted by Crippen LogP contribution is -1.95. The number of aromatic amines is 1. The second kappa shape index (κ2) is 5.18. The lowest BCUT2D eigenvalue weighted by atomic mass is 10.2. The van der Waals surface area contributed by atoms with Crippen LogP contribution in [0, 0.1) is 6.92 Å². The maximum absolute atomic E-state index is 6.15. The smallest absolute Gasteiger partial charge is 0.205 e. The van der Waals surface area contributed by atoms with Crippen molar-refractivity contribution in [2.75, 3.05) is 5.32 Å². The zero-order chi connectivity index (χ0) is 11.8. The zero-order valence-corrected chi connectivity index (χ0v) is 11.9. The van der Waals surface area contributed by atoms with Crippen LogP contribution in [0.15, 0.2) is 29.0 Å². The van der Waals surface area contributed by atoms with Crippen molar-refractivity contribution in [3.8, 4) is 0 Å². The molecule has 1 aromatic carbocycles. The Balaban J connectivity index is 0.00000120. The Morgan fingerprint density at radius 2 is 2.17 bits per heavy atom. The maximum atomic E-state index is 6.15. The van der Waals surface area contributed by atoms with E-state index in [9.17, 15) is 0 Å². The summed E-state index contributed by atoms with van der Waals surface area (Å²) in [5.41, 5.74) is 4.01. The average Bonchev–Trinajstić information content (AvgIpc) is 2.83. The lowest BCUT2D eigenvalue weighted by molar-refractivity contribution is 1.29. The molecule has 2 N–H and O–H groups in total. The molecule has 0 aliphatic carbocycles. The zero-order valence-electron chi connectivity index (χ0n) is 9.53. The Kier molecular flexibility index (Phi) is 3.80. The molecule has 0 spiro atoms. The van der Waals surface area contributed by atoms with Crippen LogP contribution in [-0.4, -0.2) is 9.97 Å². The first-order valence-corrected chi connectivity index (χ1v) is 6.50. The molecule has 3 nitrogen and oxygen atoms in total. The molecule has 18 heavy (non-hydrogen) atoms. The first kappa shape index (κ1) is 13.2. The molecule has 0 amide bonds. The van der Waals surface area contributed by atoms with E-state index in [2.05, 4.69) is 15.3 Å². The van der Waals surface area contributed by atoms with Crippen molar-refractivity contribution >= 4 is 58.0 Å². The van der Waals surface area contributed by atoms with Crippen LogP contribution < -0.4 is 5.32 Å². The van der Waals surface area contributed by atoms with Gasteiger partial charge in [-0.3, -0.25) is 0 Å². The van der Waals surface area contributed by atoms with Gasteiger partial charge in [0.1, 0.15) is 5.52 Å². The van der Waals surface area contributed by atoms with E-state index in [4.69, 9.17) is 11.6 Å². The van der Waals surface area contributed by atoms with Crippen LogP contribution in [0.1, 0.15) is 5.56 Å². The maximum Gasteiger partial charge on any atom is 0.205 e. The summed E-state index contributed by atoms with van der Waals surface area (Å²) in [6.45, 7) is 2.01. The van der Waals surface area contributed by atoms with Crippen molar-refractivity contribution in [2.45, 2.75) is 6.92 Å². The number of thiophene rings is 1. The molecule has 3 rings (SSSR count). The Labute approximate surface area is 120 Å². The number of imidazole rings is 1. The van der Waals surface area contributed by atoms with Gasteiger partial charge in [0.2, 0.25) is 5.95 Å². The van der Waals surface area contributed by atoms with Crippen LogP contribution in [0.25, 0.3) is 11.0 Å². The molecule has 0 radical (unpaired) electrons. The fourth-order valence-corrected chi connectivity index (χ4v) is 2.68. The molecule has 0 unspecified atom stereocenters. The molecular formula is C12H11Cl2N3S. The summed E-state index contributed by atoms with van der Waals surface area (Å²) >= 11 is 7.78. The number of para-hydroxylation sites is 1. The third kappa shape index (κ3) is 2.32. The van der Waals surface area contributed by atoms with E-state index in [0.29, 0.717) is 5.02 Å². The molecule has 94 valence electrons. The van der Waals surface area contributed by atoms with Crippen molar-refractivity contribution in [3.05, 3.63) is 39.5 Å². The minimum Gasteiger partial charge on any atom is -0.324 e. The molecule has 0 bridgehead atoms. The number of hydrogen-bond donors (Lipinski definition) is 2. The van der Waals surface area contributed by atoms with Crippen LogP contribution >= 0.6 is 35.3 Å². The van der Waals surface area contributed by atoms with E-state index < -0.39 is 0 Å². The summed E-state index contributed by atoms with van der Waals surface area (Å²) in [7, 11) is 0. The number of hydrogen-bond acceptors (Lipinski definition) is 3. The number of aromatic nitrogens is 2. The minimum absolute atomic E-state index is 0. The highest BCUT2D eigenvalue weighted by molar-refractivity contribution is 7.09. The fraction of sp³-hybridized carbons (Fsp3) is 0.0833. The predicted octanol–water partition coefficient (Wildman–Crippen LogP) is 4.75. The standard InChI is InChI=1S/C12H10ClN3S.ClH/c1-7-3-2-4-8(13)11(7)16-12-14-9-5-17-6-10(9)15-12;/h2-6H,1H3,(H2,14,15,16);1H. The van der Waals surface area contributed by atoms with Crippen LogP contribution in [0.3, 0.4) is 0 Å². The largest absolute Gasteiger partial charge is 0.324 e. The quantitative estimate of drug-likeness (QED) is 0.717. The third-order valence-electron chi connectivity index (χ3n) is 2.59. The highest BCUT2D eigenvalue weighted by Gasteiger charge is 2.07. The predicted molar refractivity (Wildman–Crippen MR) is 80.7 cm³/mol. The first-order valence-electron chi connectivity index (χ1n) is 5.18. The molecule has 6 heteroatoms. The number of H-pyrrole nitrogens is 1. The molecule has 0 aliphatic heterocycles. The molecule has 0 saturated carbocycles. The Morgan fingerprint density at radius 3 is 2.89 bits per heavy atom. The highest BCUT2D eigenvalue weighted by Crippen LogP contribution is 2.28. The van der Waals surface area contributed by atoms with Crippen molar-refractivity contribution in [3.63, 3.8) is 0 Å². The van der Waals surface area contributed by atoms with Gasteiger partial charge in [-0.15, -0.1) is 23.7 Å². The number of aryl methyl sites for hydroxylation is 1. The van der Waals surface area contributed by atoms with E-state index in [-0.39, 0.29) is 12.4 Å².